The topological polar surface area (TPSA) is 78.8 Å². The van der Waals surface area contributed by atoms with Gasteiger partial charge >= 0.3 is 0 Å². The van der Waals surface area contributed by atoms with Crippen LogP contribution >= 0.6 is 22.6 Å². The van der Waals surface area contributed by atoms with Gasteiger partial charge in [0.25, 0.3) is 15.9 Å². The highest BCUT2D eigenvalue weighted by Gasteiger charge is 2.27. The molecule has 0 bridgehead atoms. The number of anilines is 1. The summed E-state index contributed by atoms with van der Waals surface area (Å²) in [6.45, 7) is 5.67. The molecular weight excluding hydrogens is 537 g/mol. The van der Waals surface area contributed by atoms with E-state index in [1.165, 1.54) is 23.3 Å². The number of benzene rings is 3. The zero-order valence-corrected chi connectivity index (χ0v) is 21.0. The maximum Gasteiger partial charge on any atom is 0.264 e. The van der Waals surface area contributed by atoms with E-state index in [4.69, 9.17) is 0 Å². The van der Waals surface area contributed by atoms with Crippen LogP contribution < -0.4 is 9.73 Å². The van der Waals surface area contributed by atoms with Gasteiger partial charge in [0.1, 0.15) is 6.54 Å². The number of carbonyl (C=O) groups excluding carboxylic acids is 1. The Labute approximate surface area is 202 Å². The second-order valence-corrected chi connectivity index (χ2v) is 10.4. The maximum absolute atomic E-state index is 13.3. The molecule has 0 radical (unpaired) electrons. The van der Waals surface area contributed by atoms with E-state index in [0.717, 1.165) is 19.0 Å². The average molecular weight is 561 g/mol. The van der Waals surface area contributed by atoms with Gasteiger partial charge in [-0.2, -0.15) is 5.10 Å². The quantitative estimate of drug-likeness (QED) is 0.261. The van der Waals surface area contributed by atoms with Crippen LogP contribution in [-0.4, -0.2) is 27.1 Å². The standard InChI is InChI=1S/C24H24IN3O3S/c1-17-9-10-20(19(3)18(17)2)15-26-27-24(29)16-28(22-13-11-21(25)12-14-22)32(30,31)23-7-5-4-6-8-23/h4-15H,16H2,1-3H3,(H,27,29)/b26-15-. The number of nitrogens with one attached hydrogen (secondary N) is 1. The Kier molecular flexibility index (Phi) is 7.68. The normalized spacial score (nSPS) is 11.5. The van der Waals surface area contributed by atoms with Crippen LogP contribution in [0.3, 0.4) is 0 Å². The van der Waals surface area contributed by atoms with Crippen molar-refractivity contribution in [1.29, 1.82) is 0 Å². The van der Waals surface area contributed by atoms with Crippen LogP contribution in [0.5, 0.6) is 0 Å². The molecule has 3 aromatic carbocycles. The molecule has 1 amide bonds. The molecule has 0 unspecified atom stereocenters. The molecule has 32 heavy (non-hydrogen) atoms. The van der Waals surface area contributed by atoms with E-state index in [9.17, 15) is 13.2 Å². The summed E-state index contributed by atoms with van der Waals surface area (Å²) in [7, 11) is -3.94. The Morgan fingerprint density at radius 3 is 2.28 bits per heavy atom. The van der Waals surface area contributed by atoms with E-state index in [1.54, 1.807) is 48.7 Å². The lowest BCUT2D eigenvalue weighted by molar-refractivity contribution is -0.119. The van der Waals surface area contributed by atoms with Crippen LogP contribution in [0.1, 0.15) is 22.3 Å². The van der Waals surface area contributed by atoms with Crippen molar-refractivity contribution in [1.82, 2.24) is 5.43 Å². The smallest absolute Gasteiger partial charge is 0.264 e. The van der Waals surface area contributed by atoms with Gasteiger partial charge in [-0.25, -0.2) is 13.8 Å². The molecule has 0 spiro atoms. The monoisotopic (exact) mass is 561 g/mol. The summed E-state index contributed by atoms with van der Waals surface area (Å²) in [5, 5.41) is 4.04. The number of nitrogens with zero attached hydrogens (tertiary/aromatic N) is 2. The van der Waals surface area contributed by atoms with Gasteiger partial charge in [-0.3, -0.25) is 9.10 Å². The van der Waals surface area contributed by atoms with Gasteiger partial charge < -0.3 is 0 Å². The van der Waals surface area contributed by atoms with Crippen molar-refractivity contribution < 1.29 is 13.2 Å². The van der Waals surface area contributed by atoms with E-state index >= 15 is 0 Å². The van der Waals surface area contributed by atoms with Crippen LogP contribution in [0.4, 0.5) is 5.69 Å². The highest BCUT2D eigenvalue weighted by atomic mass is 127. The second-order valence-electron chi connectivity index (χ2n) is 7.32. The number of aryl methyl sites for hydroxylation is 1. The zero-order valence-electron chi connectivity index (χ0n) is 18.0. The first-order valence-corrected chi connectivity index (χ1v) is 12.4. The summed E-state index contributed by atoms with van der Waals surface area (Å²) in [6.07, 6.45) is 1.57. The molecule has 0 saturated heterocycles. The van der Waals surface area contributed by atoms with Crippen molar-refractivity contribution in [2.75, 3.05) is 10.8 Å². The zero-order chi connectivity index (χ0) is 23.3. The predicted molar refractivity (Wildman–Crippen MR) is 137 cm³/mol. The van der Waals surface area contributed by atoms with Crippen LogP contribution in [0.15, 0.2) is 76.7 Å². The predicted octanol–water partition coefficient (Wildman–Crippen LogP) is 4.56. The second kappa shape index (κ2) is 10.3. The molecular formula is C24H24IN3O3S. The van der Waals surface area contributed by atoms with Crippen molar-refractivity contribution in [3.63, 3.8) is 0 Å². The summed E-state index contributed by atoms with van der Waals surface area (Å²) >= 11 is 2.14. The molecule has 6 nitrogen and oxygen atoms in total. The first-order valence-electron chi connectivity index (χ1n) is 9.92. The van der Waals surface area contributed by atoms with Crippen molar-refractivity contribution in [3.8, 4) is 0 Å². The van der Waals surface area contributed by atoms with Crippen LogP contribution in [-0.2, 0) is 14.8 Å². The van der Waals surface area contributed by atoms with Gasteiger partial charge in [0.15, 0.2) is 0 Å². The van der Waals surface area contributed by atoms with Gasteiger partial charge in [0.2, 0.25) is 0 Å². The number of hydrogen-bond acceptors (Lipinski definition) is 4. The highest BCUT2D eigenvalue weighted by molar-refractivity contribution is 14.1. The Morgan fingerprint density at radius 2 is 1.62 bits per heavy atom. The van der Waals surface area contributed by atoms with Gasteiger partial charge in [-0.15, -0.1) is 0 Å². The fraction of sp³-hybridized carbons (Fsp3) is 0.167. The Balaban J connectivity index is 1.83. The SMILES string of the molecule is Cc1ccc(/C=N\NC(=O)CN(c2ccc(I)cc2)S(=O)(=O)c2ccccc2)c(C)c1C. The van der Waals surface area contributed by atoms with Crippen LogP contribution in [0.25, 0.3) is 0 Å². The number of hydrazone groups is 1. The largest absolute Gasteiger partial charge is 0.271 e. The van der Waals surface area contributed by atoms with E-state index in [1.807, 2.05) is 32.9 Å². The summed E-state index contributed by atoms with van der Waals surface area (Å²) in [5.41, 5.74) is 7.17. The maximum atomic E-state index is 13.3. The molecule has 0 aromatic heterocycles. The third-order valence-corrected chi connectivity index (χ3v) is 7.73. The van der Waals surface area contributed by atoms with E-state index in [2.05, 4.69) is 33.1 Å². The third kappa shape index (κ3) is 5.55. The molecule has 0 atom stereocenters. The summed E-state index contributed by atoms with van der Waals surface area (Å²) in [5.74, 6) is -0.541. The lowest BCUT2D eigenvalue weighted by Gasteiger charge is -2.23. The molecule has 0 aliphatic carbocycles. The van der Waals surface area contributed by atoms with Gasteiger partial charge in [0.05, 0.1) is 16.8 Å². The number of sulfonamides is 1. The van der Waals surface area contributed by atoms with Crippen molar-refractivity contribution in [2.24, 2.45) is 5.10 Å². The summed E-state index contributed by atoms with van der Waals surface area (Å²) in [6, 6.07) is 18.9. The molecule has 166 valence electrons. The fourth-order valence-corrected chi connectivity index (χ4v) is 4.90. The van der Waals surface area contributed by atoms with E-state index < -0.39 is 22.5 Å². The Bertz CT molecular complexity index is 1240. The van der Waals surface area contributed by atoms with E-state index in [0.29, 0.717) is 5.69 Å². The molecule has 8 heteroatoms. The molecule has 3 rings (SSSR count). The average Bonchev–Trinajstić information content (AvgIpc) is 2.78. The Morgan fingerprint density at radius 1 is 0.969 bits per heavy atom. The molecule has 1 N–H and O–H groups in total. The minimum absolute atomic E-state index is 0.112. The first kappa shape index (κ1) is 23.9. The molecule has 0 aliphatic rings. The number of hydrogen-bond donors (Lipinski definition) is 1. The number of halogens is 1. The highest BCUT2D eigenvalue weighted by Crippen LogP contribution is 2.24. The summed E-state index contributed by atoms with van der Waals surface area (Å²) < 4.78 is 28.6. The van der Waals surface area contributed by atoms with E-state index in [-0.39, 0.29) is 4.90 Å². The molecule has 0 saturated carbocycles. The van der Waals surface area contributed by atoms with Crippen LogP contribution in [0.2, 0.25) is 0 Å². The summed E-state index contributed by atoms with van der Waals surface area (Å²) in [4.78, 5) is 12.7. The molecule has 0 aliphatic heterocycles. The van der Waals surface area contributed by atoms with Crippen molar-refractivity contribution in [3.05, 3.63) is 92.6 Å². The van der Waals surface area contributed by atoms with Crippen LogP contribution in [0, 0.1) is 24.3 Å². The van der Waals surface area contributed by atoms with Gasteiger partial charge in [-0.1, -0.05) is 30.3 Å². The minimum Gasteiger partial charge on any atom is -0.271 e. The molecule has 3 aromatic rings. The minimum atomic E-state index is -3.94. The van der Waals surface area contributed by atoms with Gasteiger partial charge in [-0.05, 0) is 102 Å². The first-order chi connectivity index (χ1) is 15.2. The lowest BCUT2D eigenvalue weighted by atomic mass is 10.00. The Hall–Kier alpha value is -2.72. The number of carbonyl (C=O) groups is 1. The van der Waals surface area contributed by atoms with Gasteiger partial charge in [0, 0.05) is 3.57 Å². The van der Waals surface area contributed by atoms with Crippen molar-refractivity contribution in [2.45, 2.75) is 25.7 Å². The lowest BCUT2D eigenvalue weighted by Crippen LogP contribution is -2.39. The van der Waals surface area contributed by atoms with Crippen molar-refractivity contribution >= 4 is 50.4 Å². The number of amides is 1. The fourth-order valence-electron chi connectivity index (χ4n) is 3.10. The third-order valence-electron chi connectivity index (χ3n) is 5.23. The molecule has 0 heterocycles. The number of rotatable bonds is 7. The molecule has 0 fully saturated rings.